The second-order valence-electron chi connectivity index (χ2n) is 5.23. The number of carbonyl (C=O) groups is 1. The average Bonchev–Trinajstić information content (AvgIpc) is 2.53. The molecule has 1 N–H and O–H groups in total. The van der Waals surface area contributed by atoms with E-state index in [1.165, 1.54) is 24.3 Å². The lowest BCUT2D eigenvalue weighted by molar-refractivity contribution is 0.0950. The van der Waals surface area contributed by atoms with E-state index < -0.39 is 11.4 Å². The Morgan fingerprint density at radius 2 is 1.96 bits per heavy atom. The number of hydrogen-bond acceptors (Lipinski definition) is 3. The molecule has 0 aliphatic rings. The predicted molar refractivity (Wildman–Crippen MR) is 84.8 cm³/mol. The van der Waals surface area contributed by atoms with Gasteiger partial charge in [0.05, 0.1) is 0 Å². The van der Waals surface area contributed by atoms with Crippen molar-refractivity contribution in [3.8, 4) is 0 Å². The molecule has 0 bridgehead atoms. The minimum atomic E-state index is -0.538. The molecule has 1 amide bonds. The highest BCUT2D eigenvalue weighted by molar-refractivity contribution is 5.95. The molecule has 0 saturated carbocycles. The fourth-order valence-electron chi connectivity index (χ4n) is 2.44. The summed E-state index contributed by atoms with van der Waals surface area (Å²) in [6.45, 7) is 1.95. The van der Waals surface area contributed by atoms with Crippen LogP contribution in [-0.4, -0.2) is 5.91 Å². The number of hydrogen-bond donors (Lipinski definition) is 1. The number of benzene rings is 2. The molecule has 23 heavy (non-hydrogen) atoms. The van der Waals surface area contributed by atoms with Crippen LogP contribution in [0.25, 0.3) is 11.0 Å². The number of nitrogens with one attached hydrogen (secondary N) is 1. The van der Waals surface area contributed by atoms with E-state index in [0.29, 0.717) is 22.1 Å². The minimum absolute atomic E-state index is 0.110. The van der Waals surface area contributed by atoms with Crippen LogP contribution in [0.1, 0.15) is 21.5 Å². The van der Waals surface area contributed by atoms with Crippen LogP contribution in [0.4, 0.5) is 4.39 Å². The lowest BCUT2D eigenvalue weighted by Gasteiger charge is -2.09. The fraction of sp³-hybridized carbons (Fsp3) is 0.111. The lowest BCUT2D eigenvalue weighted by atomic mass is 10.1. The Balaban J connectivity index is 1.90. The summed E-state index contributed by atoms with van der Waals surface area (Å²) >= 11 is 0. The molecule has 0 aliphatic heterocycles. The molecule has 1 heterocycles. The fourth-order valence-corrected chi connectivity index (χ4v) is 2.44. The number of rotatable bonds is 3. The maximum Gasteiger partial charge on any atom is 0.336 e. The third-order valence-electron chi connectivity index (χ3n) is 3.62. The SMILES string of the molecule is Cc1ccccc1C(=O)NCc1cc(=O)oc2ccc(F)cc12. The smallest absolute Gasteiger partial charge is 0.336 e. The monoisotopic (exact) mass is 311 g/mol. The van der Waals surface area contributed by atoms with Crippen molar-refractivity contribution in [3.63, 3.8) is 0 Å². The summed E-state index contributed by atoms with van der Waals surface area (Å²) in [7, 11) is 0. The molecule has 0 saturated heterocycles. The normalized spacial score (nSPS) is 10.7. The van der Waals surface area contributed by atoms with Crippen LogP contribution in [0, 0.1) is 12.7 Å². The molecule has 1 aromatic heterocycles. The van der Waals surface area contributed by atoms with Crippen molar-refractivity contribution < 1.29 is 13.6 Å². The van der Waals surface area contributed by atoms with E-state index in [1.807, 2.05) is 19.1 Å². The molecule has 2 aromatic carbocycles. The first-order valence-electron chi connectivity index (χ1n) is 7.11. The molecule has 0 fully saturated rings. The van der Waals surface area contributed by atoms with Crippen LogP contribution in [0.2, 0.25) is 0 Å². The van der Waals surface area contributed by atoms with E-state index in [4.69, 9.17) is 4.42 Å². The van der Waals surface area contributed by atoms with Crippen molar-refractivity contribution in [2.75, 3.05) is 0 Å². The Morgan fingerprint density at radius 1 is 1.17 bits per heavy atom. The largest absolute Gasteiger partial charge is 0.423 e. The summed E-state index contributed by atoms with van der Waals surface area (Å²) < 4.78 is 18.5. The molecule has 3 rings (SSSR count). The van der Waals surface area contributed by atoms with Gasteiger partial charge in [-0.3, -0.25) is 4.79 Å². The zero-order valence-corrected chi connectivity index (χ0v) is 12.4. The maximum atomic E-state index is 13.4. The van der Waals surface area contributed by atoms with Gasteiger partial charge in [0.1, 0.15) is 11.4 Å². The van der Waals surface area contributed by atoms with Gasteiger partial charge < -0.3 is 9.73 Å². The van der Waals surface area contributed by atoms with Gasteiger partial charge >= 0.3 is 5.63 Å². The second-order valence-corrected chi connectivity index (χ2v) is 5.23. The van der Waals surface area contributed by atoms with E-state index in [2.05, 4.69) is 5.32 Å². The van der Waals surface area contributed by atoms with Gasteiger partial charge in [0.15, 0.2) is 0 Å². The first kappa shape index (κ1) is 15.0. The zero-order chi connectivity index (χ0) is 16.4. The molecule has 0 spiro atoms. The van der Waals surface area contributed by atoms with Crippen LogP contribution in [0.3, 0.4) is 0 Å². The summed E-state index contributed by atoms with van der Waals surface area (Å²) in [6, 6.07) is 12.4. The van der Waals surface area contributed by atoms with Gasteiger partial charge in [0.25, 0.3) is 5.91 Å². The third kappa shape index (κ3) is 3.13. The van der Waals surface area contributed by atoms with Crippen molar-refractivity contribution in [2.24, 2.45) is 0 Å². The molecule has 116 valence electrons. The molecular formula is C18H14FNO3. The van der Waals surface area contributed by atoms with Crippen molar-refractivity contribution in [3.05, 3.63) is 81.5 Å². The van der Waals surface area contributed by atoms with Gasteiger partial charge in [-0.25, -0.2) is 9.18 Å². The Bertz CT molecular complexity index is 946. The average molecular weight is 311 g/mol. The van der Waals surface area contributed by atoms with Crippen LogP contribution in [-0.2, 0) is 6.54 Å². The maximum absolute atomic E-state index is 13.4. The third-order valence-corrected chi connectivity index (χ3v) is 3.62. The van der Waals surface area contributed by atoms with E-state index in [0.717, 1.165) is 5.56 Å². The first-order valence-corrected chi connectivity index (χ1v) is 7.11. The van der Waals surface area contributed by atoms with E-state index >= 15 is 0 Å². The number of halogens is 1. The van der Waals surface area contributed by atoms with Crippen LogP contribution >= 0.6 is 0 Å². The number of aryl methyl sites for hydroxylation is 1. The van der Waals surface area contributed by atoms with Gasteiger partial charge in [-0.2, -0.15) is 0 Å². The molecular weight excluding hydrogens is 297 g/mol. The molecule has 0 radical (unpaired) electrons. The predicted octanol–water partition coefficient (Wildman–Crippen LogP) is 3.17. The van der Waals surface area contributed by atoms with Crippen molar-refractivity contribution in [1.82, 2.24) is 5.32 Å². The molecule has 0 atom stereocenters. The number of carbonyl (C=O) groups excluding carboxylic acids is 1. The van der Waals surface area contributed by atoms with Crippen molar-refractivity contribution in [1.29, 1.82) is 0 Å². The standard InChI is InChI=1S/C18H14FNO3/c1-11-4-2-3-5-14(11)18(22)20-10-12-8-17(21)23-16-7-6-13(19)9-15(12)16/h2-9H,10H2,1H3,(H,20,22). The highest BCUT2D eigenvalue weighted by Gasteiger charge is 2.11. The molecule has 4 nitrogen and oxygen atoms in total. The van der Waals surface area contributed by atoms with E-state index in [9.17, 15) is 14.0 Å². The highest BCUT2D eigenvalue weighted by Crippen LogP contribution is 2.18. The molecule has 5 heteroatoms. The summed E-state index contributed by atoms with van der Waals surface area (Å²) in [4.78, 5) is 23.8. The molecule has 0 unspecified atom stereocenters. The summed E-state index contributed by atoms with van der Waals surface area (Å²) in [6.07, 6.45) is 0. The number of amides is 1. The van der Waals surface area contributed by atoms with Crippen LogP contribution in [0.5, 0.6) is 0 Å². The van der Waals surface area contributed by atoms with Gasteiger partial charge in [-0.05, 0) is 42.3 Å². The minimum Gasteiger partial charge on any atom is -0.423 e. The summed E-state index contributed by atoms with van der Waals surface area (Å²) in [5, 5.41) is 3.22. The quantitative estimate of drug-likeness (QED) is 0.756. The van der Waals surface area contributed by atoms with Crippen LogP contribution < -0.4 is 10.9 Å². The van der Waals surface area contributed by atoms with Crippen molar-refractivity contribution >= 4 is 16.9 Å². The van der Waals surface area contributed by atoms with Gasteiger partial charge in [0.2, 0.25) is 0 Å². The van der Waals surface area contributed by atoms with Gasteiger partial charge in [-0.15, -0.1) is 0 Å². The van der Waals surface area contributed by atoms with Crippen molar-refractivity contribution in [2.45, 2.75) is 13.5 Å². The first-order chi connectivity index (χ1) is 11.0. The second kappa shape index (κ2) is 6.04. The Labute approximate surface area is 131 Å². The summed E-state index contributed by atoms with van der Waals surface area (Å²) in [5.74, 6) is -0.682. The van der Waals surface area contributed by atoms with E-state index in [1.54, 1.807) is 12.1 Å². The lowest BCUT2D eigenvalue weighted by Crippen LogP contribution is -2.24. The summed E-state index contributed by atoms with van der Waals surface area (Å²) in [5.41, 5.74) is 1.68. The molecule has 3 aromatic rings. The Hall–Kier alpha value is -2.95. The Kier molecular flexibility index (Phi) is 3.93. The highest BCUT2D eigenvalue weighted by atomic mass is 19.1. The number of fused-ring (bicyclic) bond motifs is 1. The van der Waals surface area contributed by atoms with Gasteiger partial charge in [0, 0.05) is 23.6 Å². The zero-order valence-electron chi connectivity index (χ0n) is 12.4. The van der Waals surface area contributed by atoms with Crippen LogP contribution in [0.15, 0.2) is 57.7 Å². The van der Waals surface area contributed by atoms with Gasteiger partial charge in [-0.1, -0.05) is 18.2 Å². The molecule has 0 aliphatic carbocycles. The van der Waals surface area contributed by atoms with E-state index in [-0.39, 0.29) is 12.5 Å². The Morgan fingerprint density at radius 3 is 2.74 bits per heavy atom. The topological polar surface area (TPSA) is 59.3 Å².